The highest BCUT2D eigenvalue weighted by Gasteiger charge is 2.00. The van der Waals surface area contributed by atoms with E-state index < -0.39 is 0 Å². The molecule has 6 heteroatoms. The fourth-order valence-corrected chi connectivity index (χ4v) is 2.00. The van der Waals surface area contributed by atoms with Crippen molar-refractivity contribution in [3.63, 3.8) is 0 Å². The molecule has 0 unspecified atom stereocenters. The van der Waals surface area contributed by atoms with Crippen molar-refractivity contribution in [2.45, 2.75) is 0 Å². The number of carbonyl (C=O) groups excluding carboxylic acids is 1. The highest BCUT2D eigenvalue weighted by atomic mass is 79.9. The first-order chi connectivity index (χ1) is 10.7. The van der Waals surface area contributed by atoms with Crippen LogP contribution in [0.5, 0.6) is 5.75 Å². The maximum absolute atomic E-state index is 11.7. The van der Waals surface area contributed by atoms with E-state index in [1.54, 1.807) is 13.3 Å². The summed E-state index contributed by atoms with van der Waals surface area (Å²) in [5.41, 5.74) is 4.13. The van der Waals surface area contributed by atoms with Crippen molar-refractivity contribution in [2.75, 3.05) is 19.0 Å². The molecule has 0 saturated carbocycles. The fourth-order valence-electron chi connectivity index (χ4n) is 1.74. The van der Waals surface area contributed by atoms with Crippen LogP contribution < -0.4 is 15.5 Å². The lowest BCUT2D eigenvalue weighted by molar-refractivity contribution is -0.119. The molecule has 5 nitrogen and oxygen atoms in total. The maximum Gasteiger partial charge on any atom is 0.259 e. The maximum atomic E-state index is 11.7. The molecule has 0 aliphatic heterocycles. The average molecular weight is 362 g/mol. The lowest BCUT2D eigenvalue weighted by atomic mass is 10.2. The fraction of sp³-hybridized carbons (Fsp3) is 0.125. The highest BCUT2D eigenvalue weighted by molar-refractivity contribution is 9.10. The zero-order valence-corrected chi connectivity index (χ0v) is 13.6. The van der Waals surface area contributed by atoms with Gasteiger partial charge in [-0.05, 0) is 36.4 Å². The van der Waals surface area contributed by atoms with Gasteiger partial charge in [0.1, 0.15) is 5.75 Å². The molecule has 0 fully saturated rings. The average Bonchev–Trinajstić information content (AvgIpc) is 2.55. The Bertz CT molecular complexity index is 657. The van der Waals surface area contributed by atoms with Crippen LogP contribution >= 0.6 is 15.9 Å². The second-order valence-corrected chi connectivity index (χ2v) is 5.31. The summed E-state index contributed by atoms with van der Waals surface area (Å²) in [5.74, 6) is 0.475. The van der Waals surface area contributed by atoms with Crippen molar-refractivity contribution >= 4 is 33.7 Å². The number of nitrogens with one attached hydrogen (secondary N) is 2. The topological polar surface area (TPSA) is 62.7 Å². The summed E-state index contributed by atoms with van der Waals surface area (Å²) in [4.78, 5) is 11.7. The van der Waals surface area contributed by atoms with Crippen molar-refractivity contribution in [1.29, 1.82) is 0 Å². The third kappa shape index (κ3) is 4.89. The number of benzene rings is 2. The summed E-state index contributed by atoms with van der Waals surface area (Å²) < 4.78 is 6.19. The predicted molar refractivity (Wildman–Crippen MR) is 91.4 cm³/mol. The number of para-hydroxylation sites is 1. The van der Waals surface area contributed by atoms with Gasteiger partial charge in [0, 0.05) is 15.7 Å². The van der Waals surface area contributed by atoms with Crippen LogP contribution in [0, 0.1) is 0 Å². The van der Waals surface area contributed by atoms with E-state index in [1.807, 2.05) is 48.5 Å². The molecule has 114 valence electrons. The number of ether oxygens (including phenoxy) is 1. The van der Waals surface area contributed by atoms with Gasteiger partial charge in [-0.2, -0.15) is 5.10 Å². The standard InChI is InChI=1S/C16H16BrN3O2/c1-22-15-5-3-2-4-12(15)10-19-20-16(21)11-18-14-8-6-13(17)7-9-14/h2-10,18H,11H2,1H3,(H,20,21)/b19-10-. The number of hydrogen-bond donors (Lipinski definition) is 2. The molecule has 22 heavy (non-hydrogen) atoms. The molecular weight excluding hydrogens is 346 g/mol. The van der Waals surface area contributed by atoms with Gasteiger partial charge >= 0.3 is 0 Å². The normalized spacial score (nSPS) is 10.5. The number of amides is 1. The summed E-state index contributed by atoms with van der Waals surface area (Å²) in [6, 6.07) is 15.0. The van der Waals surface area contributed by atoms with E-state index in [1.165, 1.54) is 0 Å². The molecule has 0 saturated heterocycles. The van der Waals surface area contributed by atoms with E-state index >= 15 is 0 Å². The highest BCUT2D eigenvalue weighted by Crippen LogP contribution is 2.15. The van der Waals surface area contributed by atoms with Gasteiger partial charge in [0.15, 0.2) is 0 Å². The molecule has 0 spiro atoms. The quantitative estimate of drug-likeness (QED) is 0.613. The van der Waals surface area contributed by atoms with E-state index in [9.17, 15) is 4.79 Å². The SMILES string of the molecule is COc1ccccc1/C=N\NC(=O)CNc1ccc(Br)cc1. The Morgan fingerprint density at radius 2 is 1.95 bits per heavy atom. The largest absolute Gasteiger partial charge is 0.496 e. The summed E-state index contributed by atoms with van der Waals surface area (Å²) in [6.07, 6.45) is 1.55. The summed E-state index contributed by atoms with van der Waals surface area (Å²) in [5, 5.41) is 6.94. The van der Waals surface area contributed by atoms with Crippen molar-refractivity contribution in [2.24, 2.45) is 5.10 Å². The van der Waals surface area contributed by atoms with Crippen LogP contribution in [0.3, 0.4) is 0 Å². The van der Waals surface area contributed by atoms with Crippen LogP contribution in [0.2, 0.25) is 0 Å². The lowest BCUT2D eigenvalue weighted by Gasteiger charge is -2.05. The van der Waals surface area contributed by atoms with E-state index in [2.05, 4.69) is 31.8 Å². The number of hydrazone groups is 1. The van der Waals surface area contributed by atoms with Crippen molar-refractivity contribution in [3.8, 4) is 5.75 Å². The Morgan fingerprint density at radius 1 is 1.23 bits per heavy atom. The van der Waals surface area contributed by atoms with E-state index in [-0.39, 0.29) is 12.5 Å². The van der Waals surface area contributed by atoms with Gasteiger partial charge in [0.25, 0.3) is 5.91 Å². The van der Waals surface area contributed by atoms with Gasteiger partial charge in [-0.3, -0.25) is 4.79 Å². The molecule has 0 atom stereocenters. The van der Waals surface area contributed by atoms with Gasteiger partial charge in [0.05, 0.1) is 19.9 Å². The predicted octanol–water partition coefficient (Wildman–Crippen LogP) is 3.02. The third-order valence-corrected chi connectivity index (χ3v) is 3.36. The molecule has 0 bridgehead atoms. The molecule has 0 radical (unpaired) electrons. The van der Waals surface area contributed by atoms with Crippen LogP contribution in [0.15, 0.2) is 58.1 Å². The van der Waals surface area contributed by atoms with Crippen molar-refractivity contribution in [3.05, 3.63) is 58.6 Å². The zero-order valence-electron chi connectivity index (χ0n) is 12.0. The third-order valence-electron chi connectivity index (χ3n) is 2.83. The minimum Gasteiger partial charge on any atom is -0.496 e. The second kappa shape index (κ2) is 8.19. The first-order valence-electron chi connectivity index (χ1n) is 6.63. The van der Waals surface area contributed by atoms with Crippen LogP contribution in [0.25, 0.3) is 0 Å². The van der Waals surface area contributed by atoms with Gasteiger partial charge in [0.2, 0.25) is 0 Å². The van der Waals surface area contributed by atoms with E-state index in [4.69, 9.17) is 4.74 Å². The van der Waals surface area contributed by atoms with Crippen LogP contribution in [-0.2, 0) is 4.79 Å². The Kier molecular flexibility index (Phi) is 5.97. The number of anilines is 1. The van der Waals surface area contributed by atoms with E-state index in [0.29, 0.717) is 5.75 Å². The van der Waals surface area contributed by atoms with Crippen molar-refractivity contribution in [1.82, 2.24) is 5.43 Å². The molecule has 0 heterocycles. The van der Waals surface area contributed by atoms with Crippen LogP contribution in [0.4, 0.5) is 5.69 Å². The zero-order chi connectivity index (χ0) is 15.8. The molecule has 2 aromatic rings. The monoisotopic (exact) mass is 361 g/mol. The smallest absolute Gasteiger partial charge is 0.259 e. The van der Waals surface area contributed by atoms with Gasteiger partial charge in [-0.15, -0.1) is 0 Å². The lowest BCUT2D eigenvalue weighted by Crippen LogP contribution is -2.25. The van der Waals surface area contributed by atoms with Gasteiger partial charge < -0.3 is 10.1 Å². The molecule has 2 aromatic carbocycles. The Labute approximate surface area is 137 Å². The minimum absolute atomic E-state index is 0.144. The summed E-state index contributed by atoms with van der Waals surface area (Å²) >= 11 is 3.36. The second-order valence-electron chi connectivity index (χ2n) is 4.40. The summed E-state index contributed by atoms with van der Waals surface area (Å²) in [6.45, 7) is 0.144. The molecule has 0 aromatic heterocycles. The number of hydrogen-bond acceptors (Lipinski definition) is 4. The Morgan fingerprint density at radius 3 is 2.68 bits per heavy atom. The van der Waals surface area contributed by atoms with Crippen LogP contribution in [-0.4, -0.2) is 25.8 Å². The molecule has 0 aliphatic rings. The number of methoxy groups -OCH3 is 1. The number of carbonyl (C=O) groups is 1. The molecule has 2 rings (SSSR count). The number of halogens is 1. The summed E-state index contributed by atoms with van der Waals surface area (Å²) in [7, 11) is 1.59. The van der Waals surface area contributed by atoms with Gasteiger partial charge in [-0.25, -0.2) is 5.43 Å². The Balaban J connectivity index is 1.82. The molecule has 0 aliphatic carbocycles. The molecule has 1 amide bonds. The number of rotatable bonds is 6. The molecule has 2 N–H and O–H groups in total. The van der Waals surface area contributed by atoms with Crippen LogP contribution in [0.1, 0.15) is 5.56 Å². The minimum atomic E-state index is -0.228. The van der Waals surface area contributed by atoms with E-state index in [0.717, 1.165) is 15.7 Å². The van der Waals surface area contributed by atoms with Crippen molar-refractivity contribution < 1.29 is 9.53 Å². The number of nitrogens with zero attached hydrogens (tertiary/aromatic N) is 1. The van der Waals surface area contributed by atoms with Gasteiger partial charge in [-0.1, -0.05) is 28.1 Å². The first kappa shape index (κ1) is 16.0. The Hall–Kier alpha value is -2.34. The first-order valence-corrected chi connectivity index (χ1v) is 7.42. The molecular formula is C16H16BrN3O2.